The summed E-state index contributed by atoms with van der Waals surface area (Å²) in [5, 5.41) is 0. The molecule has 0 bridgehead atoms. The van der Waals surface area contributed by atoms with E-state index in [1.165, 1.54) is 6.42 Å². The van der Waals surface area contributed by atoms with Gasteiger partial charge in [0.25, 0.3) is 0 Å². The molecule has 1 saturated carbocycles. The molecular weight excluding hydrogens is 172 g/mol. The largest absolute Gasteiger partial charge is 0.234 e. The van der Waals surface area contributed by atoms with Crippen LogP contribution in [0.15, 0.2) is 0 Å². The molecule has 4 heteroatoms. The first-order valence-corrected chi connectivity index (χ1v) is 5.04. The van der Waals surface area contributed by atoms with Gasteiger partial charge < -0.3 is 0 Å². The summed E-state index contributed by atoms with van der Waals surface area (Å²) in [6, 6.07) is 0. The third-order valence-corrected chi connectivity index (χ3v) is 2.56. The van der Waals surface area contributed by atoms with Crippen LogP contribution in [0.25, 0.3) is 0 Å². The Morgan fingerprint density at radius 1 is 1.08 bits per heavy atom. The van der Waals surface area contributed by atoms with Crippen molar-refractivity contribution in [1.29, 1.82) is 0 Å². The Morgan fingerprint density at radius 2 is 1.69 bits per heavy atom. The van der Waals surface area contributed by atoms with Crippen molar-refractivity contribution in [3.63, 3.8) is 0 Å². The molecule has 13 heavy (non-hydrogen) atoms. The molecule has 0 atom stereocenters. The van der Waals surface area contributed by atoms with Gasteiger partial charge >= 0.3 is 0 Å². The molecule has 2 rings (SSSR count). The van der Waals surface area contributed by atoms with Gasteiger partial charge in [0.05, 0.1) is 0 Å². The summed E-state index contributed by atoms with van der Waals surface area (Å²) in [6.07, 6.45) is 5.56. The summed E-state index contributed by atoms with van der Waals surface area (Å²) < 4.78 is 0. The lowest BCUT2D eigenvalue weighted by Crippen LogP contribution is -2.45. The first-order chi connectivity index (χ1) is 6.35. The highest BCUT2D eigenvalue weighted by Crippen LogP contribution is 2.36. The van der Waals surface area contributed by atoms with Crippen LogP contribution in [0.2, 0.25) is 0 Å². The van der Waals surface area contributed by atoms with Crippen molar-refractivity contribution >= 4 is 0 Å². The lowest BCUT2D eigenvalue weighted by Gasteiger charge is -2.38. The van der Waals surface area contributed by atoms with E-state index in [1.54, 1.807) is 0 Å². The Morgan fingerprint density at radius 3 is 2.23 bits per heavy atom. The molecule has 0 aromatic heterocycles. The molecule has 2 aliphatic rings. The molecule has 0 aromatic carbocycles. The van der Waals surface area contributed by atoms with Crippen molar-refractivity contribution < 1.29 is 19.6 Å². The normalized spacial score (nSPS) is 29.3. The fourth-order valence-electron chi connectivity index (χ4n) is 1.71. The van der Waals surface area contributed by atoms with E-state index < -0.39 is 5.79 Å². The second-order valence-corrected chi connectivity index (χ2v) is 3.67. The molecule has 0 N–H and O–H groups in total. The molecule has 76 valence electrons. The van der Waals surface area contributed by atoms with Gasteiger partial charge in [0.15, 0.2) is 0 Å². The van der Waals surface area contributed by atoms with Crippen LogP contribution in [0.3, 0.4) is 0 Å². The van der Waals surface area contributed by atoms with Crippen molar-refractivity contribution in [1.82, 2.24) is 0 Å². The van der Waals surface area contributed by atoms with Crippen molar-refractivity contribution in [2.75, 3.05) is 0 Å². The molecule has 1 spiro atoms. The highest BCUT2D eigenvalue weighted by molar-refractivity contribution is 4.73. The average Bonchev–Trinajstić information content (AvgIpc) is 2.20. The quantitative estimate of drug-likeness (QED) is 0.591. The molecular formula is C9H16O4. The molecule has 0 amide bonds. The van der Waals surface area contributed by atoms with Crippen LogP contribution in [0.5, 0.6) is 0 Å². The summed E-state index contributed by atoms with van der Waals surface area (Å²) in [5.74, 6) is -0.607. The van der Waals surface area contributed by atoms with Crippen molar-refractivity contribution in [3.8, 4) is 0 Å². The maximum atomic E-state index is 5.26. The second kappa shape index (κ2) is 3.92. The van der Waals surface area contributed by atoms with E-state index in [0.29, 0.717) is 0 Å². The topological polar surface area (TPSA) is 36.9 Å². The molecule has 1 aliphatic heterocycles. The highest BCUT2D eigenvalue weighted by Gasteiger charge is 2.41. The smallest absolute Gasteiger partial charge is 0.198 e. The Bertz CT molecular complexity index is 155. The predicted molar refractivity (Wildman–Crippen MR) is 44.2 cm³/mol. The summed E-state index contributed by atoms with van der Waals surface area (Å²) in [6.45, 7) is 1.95. The number of rotatable bonds is 1. The molecule has 4 nitrogen and oxygen atoms in total. The zero-order valence-corrected chi connectivity index (χ0v) is 7.95. The van der Waals surface area contributed by atoms with E-state index in [4.69, 9.17) is 19.6 Å². The van der Waals surface area contributed by atoms with E-state index in [9.17, 15) is 0 Å². The first-order valence-electron chi connectivity index (χ1n) is 5.04. The number of hydrogen-bond acceptors (Lipinski definition) is 4. The van der Waals surface area contributed by atoms with Gasteiger partial charge in [-0.2, -0.15) is 19.6 Å². The molecule has 1 saturated heterocycles. The minimum Gasteiger partial charge on any atom is -0.198 e. The molecule has 0 aromatic rings. The second-order valence-electron chi connectivity index (χ2n) is 3.67. The van der Waals surface area contributed by atoms with E-state index in [1.807, 2.05) is 6.92 Å². The fraction of sp³-hybridized carbons (Fsp3) is 1.00. The highest BCUT2D eigenvalue weighted by atomic mass is 17.4. The lowest BCUT2D eigenvalue weighted by molar-refractivity contribution is -0.628. The van der Waals surface area contributed by atoms with E-state index in [2.05, 4.69) is 0 Å². The monoisotopic (exact) mass is 188 g/mol. The van der Waals surface area contributed by atoms with Gasteiger partial charge in [0, 0.05) is 19.3 Å². The molecule has 1 aliphatic carbocycles. The number of hydrogen-bond donors (Lipinski definition) is 0. The van der Waals surface area contributed by atoms with Crippen LogP contribution in [-0.4, -0.2) is 12.1 Å². The Balaban J connectivity index is 1.87. The van der Waals surface area contributed by atoms with Gasteiger partial charge in [-0.1, -0.05) is 13.3 Å². The fourth-order valence-corrected chi connectivity index (χ4v) is 1.71. The first kappa shape index (κ1) is 9.40. The Labute approximate surface area is 78.0 Å². The molecule has 0 unspecified atom stereocenters. The SMILES string of the molecule is CCC1OOC2(CCCCC2)OO1. The third kappa shape index (κ3) is 2.02. The average molecular weight is 188 g/mol. The Hall–Kier alpha value is -0.160. The summed E-state index contributed by atoms with van der Waals surface area (Å²) in [4.78, 5) is 20.7. The van der Waals surface area contributed by atoms with Gasteiger partial charge in [0.2, 0.25) is 12.1 Å². The molecule has 0 radical (unpaired) electrons. The van der Waals surface area contributed by atoms with Crippen molar-refractivity contribution in [2.45, 2.75) is 57.5 Å². The van der Waals surface area contributed by atoms with Gasteiger partial charge in [-0.05, 0) is 12.8 Å². The van der Waals surface area contributed by atoms with Crippen LogP contribution < -0.4 is 0 Å². The standard InChI is InChI=1S/C9H16O4/c1-2-8-10-12-9(13-11-8)6-4-3-5-7-9/h8H,2-7H2,1H3. The van der Waals surface area contributed by atoms with Gasteiger partial charge in [-0.15, -0.1) is 0 Å². The van der Waals surface area contributed by atoms with E-state index >= 15 is 0 Å². The minimum absolute atomic E-state index is 0.368. The van der Waals surface area contributed by atoms with Crippen LogP contribution in [0.4, 0.5) is 0 Å². The van der Waals surface area contributed by atoms with E-state index in [0.717, 1.165) is 32.1 Å². The molecule has 1 heterocycles. The van der Waals surface area contributed by atoms with E-state index in [-0.39, 0.29) is 6.29 Å². The lowest BCUT2D eigenvalue weighted by atomic mass is 9.94. The maximum Gasteiger partial charge on any atom is 0.234 e. The van der Waals surface area contributed by atoms with Crippen LogP contribution >= 0.6 is 0 Å². The van der Waals surface area contributed by atoms with Crippen LogP contribution in [0, 0.1) is 0 Å². The molecule has 2 fully saturated rings. The zero-order chi connectivity index (χ0) is 9.15. The van der Waals surface area contributed by atoms with Crippen LogP contribution in [-0.2, 0) is 19.6 Å². The Kier molecular flexibility index (Phi) is 2.83. The zero-order valence-electron chi connectivity index (χ0n) is 7.95. The summed E-state index contributed by atoms with van der Waals surface area (Å²) in [7, 11) is 0. The third-order valence-electron chi connectivity index (χ3n) is 2.56. The maximum absolute atomic E-state index is 5.26. The summed E-state index contributed by atoms with van der Waals surface area (Å²) in [5.41, 5.74) is 0. The van der Waals surface area contributed by atoms with Gasteiger partial charge in [0.1, 0.15) is 0 Å². The van der Waals surface area contributed by atoms with Crippen molar-refractivity contribution in [2.24, 2.45) is 0 Å². The van der Waals surface area contributed by atoms with Gasteiger partial charge in [-0.25, -0.2) is 0 Å². The minimum atomic E-state index is -0.607. The predicted octanol–water partition coefficient (Wildman–Crippen LogP) is 2.29. The van der Waals surface area contributed by atoms with Crippen LogP contribution in [0.1, 0.15) is 45.4 Å². The van der Waals surface area contributed by atoms with Gasteiger partial charge in [-0.3, -0.25) is 0 Å². The van der Waals surface area contributed by atoms with Crippen molar-refractivity contribution in [3.05, 3.63) is 0 Å². The summed E-state index contributed by atoms with van der Waals surface area (Å²) >= 11 is 0.